The minimum atomic E-state index is -0.301. The second-order valence-corrected chi connectivity index (χ2v) is 12.7. The summed E-state index contributed by atoms with van der Waals surface area (Å²) in [5.41, 5.74) is 9.26. The summed E-state index contributed by atoms with van der Waals surface area (Å²) >= 11 is 1.18. The van der Waals surface area contributed by atoms with Crippen LogP contribution in [0.25, 0.3) is 32.2 Å². The molecule has 4 aromatic rings. The number of nitrogens with two attached hydrogens (primary N) is 1. The third-order valence-corrected chi connectivity index (χ3v) is 10.2. The number of rotatable bonds is 5. The third-order valence-electron chi connectivity index (χ3n) is 9.28. The number of hydrogen-bond donors (Lipinski definition) is 2. The van der Waals surface area contributed by atoms with Crippen molar-refractivity contribution < 1.29 is 9.13 Å². The highest BCUT2D eigenvalue weighted by Gasteiger charge is 2.45. The first-order valence-corrected chi connectivity index (χ1v) is 14.9. The Kier molecular flexibility index (Phi) is 5.47. The van der Waals surface area contributed by atoms with Crippen LogP contribution in [0.3, 0.4) is 0 Å². The summed E-state index contributed by atoms with van der Waals surface area (Å²) in [6.07, 6.45) is 7.22. The van der Waals surface area contributed by atoms with Gasteiger partial charge in [0.15, 0.2) is 5.13 Å². The number of hydrogen-bond acceptors (Lipinski definition) is 9. The fourth-order valence-corrected chi connectivity index (χ4v) is 8.18. The van der Waals surface area contributed by atoms with Crippen LogP contribution in [-0.2, 0) is 0 Å². The number of nitrogens with one attached hydrogen (secondary N) is 1. The number of aromatic nitrogens is 3. The largest absolute Gasteiger partial charge is 0.461 e. The predicted molar refractivity (Wildman–Crippen MR) is 153 cm³/mol. The predicted octanol–water partition coefficient (Wildman–Crippen LogP) is 4.58. The van der Waals surface area contributed by atoms with Crippen molar-refractivity contribution in [2.24, 2.45) is 0 Å². The van der Waals surface area contributed by atoms with Gasteiger partial charge in [-0.15, -0.1) is 0 Å². The molecule has 0 radical (unpaired) electrons. The molecule has 0 amide bonds. The van der Waals surface area contributed by atoms with Gasteiger partial charge in [-0.3, -0.25) is 4.90 Å². The molecule has 10 heteroatoms. The Hall–Kier alpha value is -3.08. The molecule has 2 atom stereocenters. The third kappa shape index (κ3) is 3.95. The van der Waals surface area contributed by atoms with Crippen molar-refractivity contribution in [3.63, 3.8) is 0 Å². The number of thiazole rings is 1. The Balaban J connectivity index is 1.21. The second kappa shape index (κ2) is 8.97. The van der Waals surface area contributed by atoms with Gasteiger partial charge in [0.05, 0.1) is 21.3 Å². The first-order valence-electron chi connectivity index (χ1n) is 14.1. The molecule has 4 saturated heterocycles. The van der Waals surface area contributed by atoms with Crippen LogP contribution in [0.15, 0.2) is 30.3 Å². The van der Waals surface area contributed by atoms with Gasteiger partial charge in [-0.1, -0.05) is 17.4 Å². The zero-order valence-corrected chi connectivity index (χ0v) is 22.6. The van der Waals surface area contributed by atoms with E-state index < -0.39 is 0 Å². The van der Waals surface area contributed by atoms with E-state index in [9.17, 15) is 4.39 Å². The summed E-state index contributed by atoms with van der Waals surface area (Å²) in [6, 6.07) is 10.9. The number of nitrogen functional groups attached to an aromatic ring is 1. The molecule has 202 valence electrons. The molecule has 2 unspecified atom stereocenters. The number of fused-ring (bicyclic) bond motifs is 5. The number of benzene rings is 2. The molecule has 4 aliphatic heterocycles. The van der Waals surface area contributed by atoms with E-state index in [0.717, 1.165) is 54.0 Å². The molecule has 0 aliphatic carbocycles. The van der Waals surface area contributed by atoms with Crippen LogP contribution < -0.4 is 20.7 Å². The number of anilines is 2. The highest BCUT2D eigenvalue weighted by molar-refractivity contribution is 7.22. The van der Waals surface area contributed by atoms with Crippen LogP contribution in [0.4, 0.5) is 15.3 Å². The van der Waals surface area contributed by atoms with Gasteiger partial charge < -0.3 is 20.7 Å². The van der Waals surface area contributed by atoms with E-state index in [4.69, 9.17) is 20.4 Å². The Morgan fingerprint density at radius 2 is 1.85 bits per heavy atom. The fourth-order valence-electron chi connectivity index (χ4n) is 7.42. The van der Waals surface area contributed by atoms with Crippen LogP contribution in [0.5, 0.6) is 6.01 Å². The first-order chi connectivity index (χ1) is 19.0. The average molecular weight is 546 g/mol. The summed E-state index contributed by atoms with van der Waals surface area (Å²) < 4.78 is 21.4. The van der Waals surface area contributed by atoms with Crippen molar-refractivity contribution >= 4 is 43.4 Å². The van der Waals surface area contributed by atoms with Crippen molar-refractivity contribution in [1.82, 2.24) is 25.2 Å². The van der Waals surface area contributed by atoms with Gasteiger partial charge in [-0.05, 0) is 81.4 Å². The van der Waals surface area contributed by atoms with Crippen LogP contribution in [0, 0.1) is 5.82 Å². The molecule has 39 heavy (non-hydrogen) atoms. The zero-order valence-electron chi connectivity index (χ0n) is 21.8. The zero-order chi connectivity index (χ0) is 26.1. The Morgan fingerprint density at radius 1 is 1.05 bits per heavy atom. The molecule has 2 aromatic carbocycles. The van der Waals surface area contributed by atoms with Crippen LogP contribution in [-0.4, -0.2) is 70.3 Å². The summed E-state index contributed by atoms with van der Waals surface area (Å²) in [7, 11) is 0. The summed E-state index contributed by atoms with van der Waals surface area (Å²) in [5.74, 6) is 0.638. The highest BCUT2D eigenvalue weighted by atomic mass is 32.1. The number of piperazine rings is 1. The number of halogens is 1. The Labute approximate surface area is 230 Å². The topological polar surface area (TPSA) is 92.4 Å². The van der Waals surface area contributed by atoms with E-state index in [1.165, 1.54) is 55.9 Å². The summed E-state index contributed by atoms with van der Waals surface area (Å²) in [6.45, 7) is 4.80. The molecule has 8 rings (SSSR count). The summed E-state index contributed by atoms with van der Waals surface area (Å²) in [4.78, 5) is 19.4. The van der Waals surface area contributed by atoms with Crippen LogP contribution in [0.2, 0.25) is 0 Å². The molecule has 6 heterocycles. The Bertz CT molecular complexity index is 1570. The molecule has 3 N–H and O–H groups in total. The maximum Gasteiger partial charge on any atom is 0.319 e. The maximum atomic E-state index is 14.5. The SMILES string of the molecule is Nc1nc2c(-c3ccc4c(N5CC6CCC(C5)N6)nc(OCC56CCCN5CCC6)nc4c3)ccc(F)c2s1. The first kappa shape index (κ1) is 23.8. The average Bonchev–Trinajstić information content (AvgIpc) is 3.70. The van der Waals surface area contributed by atoms with E-state index in [0.29, 0.717) is 40.0 Å². The highest BCUT2D eigenvalue weighted by Crippen LogP contribution is 2.40. The monoisotopic (exact) mass is 545 g/mol. The van der Waals surface area contributed by atoms with Crippen LogP contribution >= 0.6 is 11.3 Å². The molecule has 2 bridgehead atoms. The van der Waals surface area contributed by atoms with Crippen LogP contribution in [0.1, 0.15) is 38.5 Å². The molecule has 4 aliphatic rings. The lowest BCUT2D eigenvalue weighted by molar-refractivity contribution is 0.108. The normalized spacial score (nSPS) is 24.2. The van der Waals surface area contributed by atoms with Gasteiger partial charge in [0.1, 0.15) is 18.2 Å². The van der Waals surface area contributed by atoms with Crippen molar-refractivity contribution in [3.05, 3.63) is 36.1 Å². The van der Waals surface area contributed by atoms with Crippen molar-refractivity contribution in [1.29, 1.82) is 0 Å². The lowest BCUT2D eigenvalue weighted by atomic mass is 9.95. The molecule has 2 aromatic heterocycles. The van der Waals surface area contributed by atoms with E-state index >= 15 is 0 Å². The maximum absolute atomic E-state index is 14.5. The molecular formula is C29H32FN7OS. The Morgan fingerprint density at radius 3 is 2.64 bits per heavy atom. The standard InChI is InChI=1S/C29H32FN7OS/c30-22-8-7-20(24-25(22)39-27(31)34-24)17-3-6-21-23(13-17)33-28(38-16-29-9-1-11-37(29)12-2-10-29)35-26(21)36-14-18-4-5-19(15-36)32-18/h3,6-8,13,18-19,32H,1-2,4-5,9-12,14-16H2,(H2,31,34). The second-order valence-electron chi connectivity index (χ2n) is 11.6. The lowest BCUT2D eigenvalue weighted by Crippen LogP contribution is -2.51. The fraction of sp³-hybridized carbons (Fsp3) is 0.483. The quantitative estimate of drug-likeness (QED) is 0.377. The van der Waals surface area contributed by atoms with Gasteiger partial charge in [0.2, 0.25) is 0 Å². The lowest BCUT2D eigenvalue weighted by Gasteiger charge is -2.34. The van der Waals surface area contributed by atoms with E-state index in [1.54, 1.807) is 6.07 Å². The van der Waals surface area contributed by atoms with Gasteiger partial charge in [-0.25, -0.2) is 9.37 Å². The number of ether oxygens (including phenoxy) is 1. The van der Waals surface area contributed by atoms with Gasteiger partial charge >= 0.3 is 6.01 Å². The molecular weight excluding hydrogens is 513 g/mol. The van der Waals surface area contributed by atoms with Gasteiger partial charge in [0, 0.05) is 36.1 Å². The molecule has 4 fully saturated rings. The smallest absolute Gasteiger partial charge is 0.319 e. The molecule has 0 spiro atoms. The number of nitrogens with zero attached hydrogens (tertiary/aromatic N) is 5. The van der Waals surface area contributed by atoms with Crippen molar-refractivity contribution in [2.45, 2.75) is 56.1 Å². The van der Waals surface area contributed by atoms with E-state index in [2.05, 4.69) is 38.3 Å². The van der Waals surface area contributed by atoms with Gasteiger partial charge in [0.25, 0.3) is 0 Å². The van der Waals surface area contributed by atoms with Crippen molar-refractivity contribution in [2.75, 3.05) is 43.4 Å². The minimum Gasteiger partial charge on any atom is -0.461 e. The summed E-state index contributed by atoms with van der Waals surface area (Å²) in [5, 5.41) is 5.09. The molecule has 0 saturated carbocycles. The van der Waals surface area contributed by atoms with Crippen molar-refractivity contribution in [3.8, 4) is 17.1 Å². The minimum absolute atomic E-state index is 0.124. The van der Waals surface area contributed by atoms with E-state index in [1.807, 2.05) is 0 Å². The van der Waals surface area contributed by atoms with E-state index in [-0.39, 0.29) is 11.4 Å². The van der Waals surface area contributed by atoms with Gasteiger partial charge in [-0.2, -0.15) is 9.97 Å². The molecule has 8 nitrogen and oxygen atoms in total.